The van der Waals surface area contributed by atoms with Gasteiger partial charge in [-0.05, 0) is 32.0 Å². The molecule has 1 saturated heterocycles. The smallest absolute Gasteiger partial charge is 0.227 e. The molecule has 0 amide bonds. The topological polar surface area (TPSA) is 84.9 Å². The average Bonchev–Trinajstić information content (AvgIpc) is 2.97. The minimum atomic E-state index is 0.375. The molecule has 2 aromatic heterocycles. The van der Waals surface area contributed by atoms with E-state index in [9.17, 15) is 0 Å². The number of hydrogen-bond donors (Lipinski definition) is 2. The van der Waals surface area contributed by atoms with Crippen LogP contribution in [0.2, 0.25) is 5.02 Å². The summed E-state index contributed by atoms with van der Waals surface area (Å²) < 4.78 is 1.73. The maximum atomic E-state index is 6.37. The molecule has 1 aromatic carbocycles. The Kier molecular flexibility index (Phi) is 3.97. The van der Waals surface area contributed by atoms with Gasteiger partial charge in [0.15, 0.2) is 5.82 Å². The minimum Gasteiger partial charge on any atom is -0.399 e. The summed E-state index contributed by atoms with van der Waals surface area (Å²) in [4.78, 5) is 11.3. The second-order valence-corrected chi connectivity index (χ2v) is 7.00. The zero-order valence-electron chi connectivity index (χ0n) is 14.1. The Morgan fingerprint density at radius 2 is 1.96 bits per heavy atom. The van der Waals surface area contributed by atoms with Crippen LogP contribution in [0.25, 0.3) is 16.7 Å². The highest BCUT2D eigenvalue weighted by molar-refractivity contribution is 6.32. The molecule has 0 aliphatic carbocycles. The van der Waals surface area contributed by atoms with E-state index in [1.807, 2.05) is 18.2 Å². The number of piperazine rings is 1. The summed E-state index contributed by atoms with van der Waals surface area (Å²) in [7, 11) is 0. The SMILES string of the molecule is CC1CN(c2ncc(Cl)c(-n3ncc4cc(N)ccc43)n2)CC(C)N1. The first kappa shape index (κ1) is 16.1. The molecule has 0 radical (unpaired) electrons. The lowest BCUT2D eigenvalue weighted by atomic mass is 10.1. The summed E-state index contributed by atoms with van der Waals surface area (Å²) >= 11 is 6.37. The summed E-state index contributed by atoms with van der Waals surface area (Å²) in [5, 5.41) is 9.35. The summed E-state index contributed by atoms with van der Waals surface area (Å²) in [5.41, 5.74) is 7.45. The van der Waals surface area contributed by atoms with Gasteiger partial charge in [0.1, 0.15) is 5.02 Å². The van der Waals surface area contributed by atoms with Gasteiger partial charge in [-0.15, -0.1) is 0 Å². The van der Waals surface area contributed by atoms with E-state index in [4.69, 9.17) is 22.3 Å². The Labute approximate surface area is 150 Å². The normalized spacial score (nSPS) is 21.0. The number of nitrogens with zero attached hydrogens (tertiary/aromatic N) is 5. The number of nitrogens with two attached hydrogens (primary N) is 1. The van der Waals surface area contributed by atoms with Gasteiger partial charge >= 0.3 is 0 Å². The molecular formula is C17H20ClN7. The van der Waals surface area contributed by atoms with E-state index >= 15 is 0 Å². The first-order chi connectivity index (χ1) is 12.0. The summed E-state index contributed by atoms with van der Waals surface area (Å²) in [5.74, 6) is 1.24. The lowest BCUT2D eigenvalue weighted by Crippen LogP contribution is -2.54. The van der Waals surface area contributed by atoms with Crippen molar-refractivity contribution < 1.29 is 0 Å². The molecule has 3 heterocycles. The van der Waals surface area contributed by atoms with Crippen LogP contribution in [0.1, 0.15) is 13.8 Å². The van der Waals surface area contributed by atoms with E-state index in [0.717, 1.165) is 24.0 Å². The number of aromatic nitrogens is 4. The van der Waals surface area contributed by atoms with Crippen molar-refractivity contribution in [2.24, 2.45) is 0 Å². The predicted molar refractivity (Wildman–Crippen MR) is 100 cm³/mol. The van der Waals surface area contributed by atoms with Crippen LogP contribution in [0.15, 0.2) is 30.6 Å². The number of nitrogens with one attached hydrogen (secondary N) is 1. The Morgan fingerprint density at radius 1 is 1.20 bits per heavy atom. The van der Waals surface area contributed by atoms with Gasteiger partial charge in [0.05, 0.1) is 17.9 Å². The van der Waals surface area contributed by atoms with E-state index in [1.165, 1.54) is 0 Å². The fourth-order valence-corrected chi connectivity index (χ4v) is 3.53. The van der Waals surface area contributed by atoms with Crippen LogP contribution in [0.5, 0.6) is 0 Å². The molecule has 4 rings (SSSR count). The molecule has 3 aromatic rings. The molecule has 8 heteroatoms. The highest BCUT2D eigenvalue weighted by atomic mass is 35.5. The van der Waals surface area contributed by atoms with Gasteiger partial charge in [0.2, 0.25) is 5.95 Å². The van der Waals surface area contributed by atoms with Crippen molar-refractivity contribution in [3.8, 4) is 5.82 Å². The number of anilines is 2. The van der Waals surface area contributed by atoms with E-state index in [1.54, 1.807) is 17.1 Å². The molecule has 0 saturated carbocycles. The maximum absolute atomic E-state index is 6.37. The Balaban J connectivity index is 1.77. The third kappa shape index (κ3) is 3.01. The lowest BCUT2D eigenvalue weighted by Gasteiger charge is -2.36. The monoisotopic (exact) mass is 357 g/mol. The van der Waals surface area contributed by atoms with Crippen molar-refractivity contribution in [2.75, 3.05) is 23.7 Å². The first-order valence-electron chi connectivity index (χ1n) is 8.28. The van der Waals surface area contributed by atoms with Crippen molar-refractivity contribution in [1.82, 2.24) is 25.1 Å². The third-order valence-corrected chi connectivity index (χ3v) is 4.61. The molecular weight excluding hydrogens is 338 g/mol. The van der Waals surface area contributed by atoms with Crippen LogP contribution in [0.4, 0.5) is 11.6 Å². The number of rotatable bonds is 2. The van der Waals surface area contributed by atoms with Gasteiger partial charge in [-0.3, -0.25) is 0 Å². The second kappa shape index (κ2) is 6.16. The molecule has 1 fully saturated rings. The van der Waals surface area contributed by atoms with Crippen LogP contribution < -0.4 is 16.0 Å². The number of fused-ring (bicyclic) bond motifs is 1. The van der Waals surface area contributed by atoms with Crippen molar-refractivity contribution >= 4 is 34.1 Å². The van der Waals surface area contributed by atoms with Gasteiger partial charge in [0.25, 0.3) is 0 Å². The molecule has 130 valence electrons. The van der Waals surface area contributed by atoms with Crippen LogP contribution >= 0.6 is 11.6 Å². The number of nitrogen functional groups attached to an aromatic ring is 1. The van der Waals surface area contributed by atoms with Gasteiger partial charge < -0.3 is 16.0 Å². The van der Waals surface area contributed by atoms with Gasteiger partial charge in [-0.1, -0.05) is 11.6 Å². The van der Waals surface area contributed by atoms with Crippen molar-refractivity contribution in [3.63, 3.8) is 0 Å². The Bertz CT molecular complexity index is 913. The molecule has 7 nitrogen and oxygen atoms in total. The fourth-order valence-electron chi connectivity index (χ4n) is 3.36. The molecule has 3 N–H and O–H groups in total. The van der Waals surface area contributed by atoms with Crippen LogP contribution in [0, 0.1) is 0 Å². The van der Waals surface area contributed by atoms with E-state index < -0.39 is 0 Å². The van der Waals surface area contributed by atoms with Crippen molar-refractivity contribution in [1.29, 1.82) is 0 Å². The highest BCUT2D eigenvalue weighted by Crippen LogP contribution is 2.25. The summed E-state index contributed by atoms with van der Waals surface area (Å²) in [6.07, 6.45) is 3.40. The van der Waals surface area contributed by atoms with Crippen molar-refractivity contribution in [3.05, 3.63) is 35.6 Å². The van der Waals surface area contributed by atoms with Gasteiger partial charge in [-0.2, -0.15) is 10.1 Å². The molecule has 0 bridgehead atoms. The number of halogens is 1. The van der Waals surface area contributed by atoms with Gasteiger partial charge in [-0.25, -0.2) is 9.67 Å². The molecule has 2 unspecified atom stereocenters. The molecule has 1 aliphatic heterocycles. The summed E-state index contributed by atoms with van der Waals surface area (Å²) in [6, 6.07) is 6.40. The number of benzene rings is 1. The predicted octanol–water partition coefficient (Wildman–Crippen LogP) is 2.24. The third-order valence-electron chi connectivity index (χ3n) is 4.35. The van der Waals surface area contributed by atoms with Gasteiger partial charge in [0, 0.05) is 36.2 Å². The zero-order chi connectivity index (χ0) is 17.6. The molecule has 0 spiro atoms. The highest BCUT2D eigenvalue weighted by Gasteiger charge is 2.24. The Morgan fingerprint density at radius 3 is 2.72 bits per heavy atom. The maximum Gasteiger partial charge on any atom is 0.227 e. The largest absolute Gasteiger partial charge is 0.399 e. The van der Waals surface area contributed by atoms with E-state index in [2.05, 4.69) is 34.1 Å². The van der Waals surface area contributed by atoms with E-state index in [0.29, 0.717) is 34.6 Å². The fraction of sp³-hybridized carbons (Fsp3) is 0.353. The standard InChI is InChI=1S/C17H20ClN7/c1-10-8-24(9-11(2)22-10)17-20-7-14(18)16(23-17)25-15-4-3-13(19)5-12(15)6-21-25/h3-7,10-11,22H,8-9,19H2,1-2H3. The average molecular weight is 358 g/mol. The Hall–Kier alpha value is -2.38. The minimum absolute atomic E-state index is 0.375. The van der Waals surface area contributed by atoms with Crippen LogP contribution in [-0.2, 0) is 0 Å². The molecule has 1 aliphatic rings. The summed E-state index contributed by atoms with van der Waals surface area (Å²) in [6.45, 7) is 6.01. The number of hydrogen-bond acceptors (Lipinski definition) is 6. The molecule has 25 heavy (non-hydrogen) atoms. The second-order valence-electron chi connectivity index (χ2n) is 6.59. The van der Waals surface area contributed by atoms with Crippen molar-refractivity contribution in [2.45, 2.75) is 25.9 Å². The quantitative estimate of drug-likeness (QED) is 0.684. The van der Waals surface area contributed by atoms with E-state index in [-0.39, 0.29) is 0 Å². The molecule has 2 atom stereocenters. The van der Waals surface area contributed by atoms with Crippen LogP contribution in [0.3, 0.4) is 0 Å². The lowest BCUT2D eigenvalue weighted by molar-refractivity contribution is 0.403. The zero-order valence-corrected chi connectivity index (χ0v) is 14.9. The van der Waals surface area contributed by atoms with Crippen LogP contribution in [-0.4, -0.2) is 44.9 Å². The first-order valence-corrected chi connectivity index (χ1v) is 8.66.